The fourth-order valence-corrected chi connectivity index (χ4v) is 4.37. The Hall–Kier alpha value is -2.63. The molecule has 5 unspecified atom stereocenters. The molecule has 6 heteroatoms. The molecule has 130 valence electrons. The van der Waals surface area contributed by atoms with Crippen LogP contribution in [-0.2, 0) is 9.59 Å². The molecule has 1 heterocycles. The molecule has 1 saturated heterocycles. The Balaban J connectivity index is 1.42. The van der Waals surface area contributed by atoms with Crippen molar-refractivity contribution in [1.29, 1.82) is 0 Å². The van der Waals surface area contributed by atoms with E-state index < -0.39 is 12.2 Å². The molecule has 1 aromatic carbocycles. The second-order valence-corrected chi connectivity index (χ2v) is 7.19. The van der Waals surface area contributed by atoms with Crippen LogP contribution >= 0.6 is 0 Å². The molecular formula is C19H21N3O3. The van der Waals surface area contributed by atoms with Crippen molar-refractivity contribution < 1.29 is 14.4 Å². The van der Waals surface area contributed by atoms with Gasteiger partial charge in [-0.15, -0.1) is 0 Å². The number of nitrogens with zero attached hydrogens (tertiary/aromatic N) is 1. The van der Waals surface area contributed by atoms with Crippen LogP contribution in [0.5, 0.6) is 0 Å². The van der Waals surface area contributed by atoms with Gasteiger partial charge in [-0.1, -0.05) is 29.8 Å². The van der Waals surface area contributed by atoms with E-state index in [4.69, 9.17) is 0 Å². The summed E-state index contributed by atoms with van der Waals surface area (Å²) in [6.45, 7) is 3.64. The highest BCUT2D eigenvalue weighted by Crippen LogP contribution is 2.52. The van der Waals surface area contributed by atoms with Crippen molar-refractivity contribution in [3.63, 3.8) is 0 Å². The standard InChI is InChI=1S/C19H21N3O3/c1-10-3-7-14(8-4-10)21-19(25)20-11(2)22-17(23)15-12-5-6-13(9-12)16(15)18(22)24/h3-8,11-13,15-16H,9H2,1-2H3,(H2,20,21,25). The third-order valence-electron chi connectivity index (χ3n) is 5.54. The fraction of sp³-hybridized carbons (Fsp3) is 0.421. The van der Waals surface area contributed by atoms with Crippen molar-refractivity contribution in [3.05, 3.63) is 42.0 Å². The first kappa shape index (κ1) is 15.9. The number of hydrogen-bond acceptors (Lipinski definition) is 3. The third-order valence-corrected chi connectivity index (χ3v) is 5.54. The number of benzene rings is 1. The molecular weight excluding hydrogens is 318 g/mol. The van der Waals surface area contributed by atoms with Crippen LogP contribution in [0.15, 0.2) is 36.4 Å². The number of rotatable bonds is 3. The lowest BCUT2D eigenvalue weighted by molar-refractivity contribution is -0.143. The molecule has 2 aliphatic carbocycles. The first-order valence-corrected chi connectivity index (χ1v) is 8.65. The summed E-state index contributed by atoms with van der Waals surface area (Å²) in [4.78, 5) is 38.8. The first-order chi connectivity index (χ1) is 12.0. The number of anilines is 1. The van der Waals surface area contributed by atoms with Gasteiger partial charge in [-0.05, 0) is 44.2 Å². The number of carbonyl (C=O) groups is 3. The number of fused-ring (bicyclic) bond motifs is 5. The first-order valence-electron chi connectivity index (χ1n) is 8.65. The lowest BCUT2D eigenvalue weighted by Gasteiger charge is -2.25. The minimum atomic E-state index is -0.671. The largest absolute Gasteiger partial charge is 0.320 e. The molecule has 0 radical (unpaired) electrons. The zero-order valence-electron chi connectivity index (χ0n) is 14.2. The number of aryl methyl sites for hydroxylation is 1. The van der Waals surface area contributed by atoms with Gasteiger partial charge in [-0.3, -0.25) is 14.5 Å². The minimum Gasteiger partial charge on any atom is -0.317 e. The number of imide groups is 1. The molecule has 2 fully saturated rings. The van der Waals surface area contributed by atoms with Gasteiger partial charge in [0.15, 0.2) is 0 Å². The average molecular weight is 339 g/mol. The van der Waals surface area contributed by atoms with Crippen LogP contribution in [0.2, 0.25) is 0 Å². The minimum absolute atomic E-state index is 0.157. The number of nitrogens with one attached hydrogen (secondary N) is 2. The molecule has 0 aromatic heterocycles. The van der Waals surface area contributed by atoms with E-state index in [1.807, 2.05) is 19.1 Å². The van der Waals surface area contributed by atoms with Crippen LogP contribution in [-0.4, -0.2) is 28.9 Å². The number of allylic oxidation sites excluding steroid dienone is 2. The summed E-state index contributed by atoms with van der Waals surface area (Å²) in [5, 5.41) is 5.42. The third kappa shape index (κ3) is 2.52. The van der Waals surface area contributed by atoms with Crippen LogP contribution in [0.3, 0.4) is 0 Å². The molecule has 4 rings (SSSR count). The normalized spacial score (nSPS) is 30.6. The summed E-state index contributed by atoms with van der Waals surface area (Å²) >= 11 is 0. The van der Waals surface area contributed by atoms with E-state index in [0.29, 0.717) is 5.69 Å². The number of urea groups is 1. The molecule has 5 atom stereocenters. The summed E-state index contributed by atoms with van der Waals surface area (Å²) < 4.78 is 0. The predicted molar refractivity (Wildman–Crippen MR) is 92.4 cm³/mol. The van der Waals surface area contributed by atoms with Crippen LogP contribution in [0.1, 0.15) is 18.9 Å². The Morgan fingerprint density at radius 2 is 1.64 bits per heavy atom. The Labute approximate surface area is 146 Å². The van der Waals surface area contributed by atoms with E-state index in [1.54, 1.807) is 19.1 Å². The van der Waals surface area contributed by atoms with Gasteiger partial charge < -0.3 is 10.6 Å². The van der Waals surface area contributed by atoms with Gasteiger partial charge in [-0.25, -0.2) is 4.79 Å². The van der Waals surface area contributed by atoms with Gasteiger partial charge in [0, 0.05) is 5.69 Å². The maximum Gasteiger partial charge on any atom is 0.320 e. The zero-order valence-corrected chi connectivity index (χ0v) is 14.2. The molecule has 6 nitrogen and oxygen atoms in total. The van der Waals surface area contributed by atoms with Crippen LogP contribution in [0, 0.1) is 30.6 Å². The molecule has 2 bridgehead atoms. The predicted octanol–water partition coefficient (Wildman–Crippen LogP) is 2.27. The van der Waals surface area contributed by atoms with E-state index in [2.05, 4.69) is 22.8 Å². The molecule has 25 heavy (non-hydrogen) atoms. The van der Waals surface area contributed by atoms with E-state index in [0.717, 1.165) is 12.0 Å². The van der Waals surface area contributed by atoms with Gasteiger partial charge >= 0.3 is 6.03 Å². The maximum atomic E-state index is 12.7. The highest BCUT2D eigenvalue weighted by molar-refractivity contribution is 6.07. The molecule has 0 spiro atoms. The van der Waals surface area contributed by atoms with Crippen molar-refractivity contribution in [3.8, 4) is 0 Å². The van der Waals surface area contributed by atoms with E-state index in [1.165, 1.54) is 4.90 Å². The maximum absolute atomic E-state index is 12.7. The van der Waals surface area contributed by atoms with Gasteiger partial charge in [-0.2, -0.15) is 0 Å². The van der Waals surface area contributed by atoms with E-state index in [-0.39, 0.29) is 35.5 Å². The lowest BCUT2D eigenvalue weighted by atomic mass is 9.85. The number of amides is 4. The summed E-state index contributed by atoms with van der Waals surface area (Å²) in [6, 6.07) is 6.97. The van der Waals surface area contributed by atoms with E-state index in [9.17, 15) is 14.4 Å². The smallest absolute Gasteiger partial charge is 0.317 e. The van der Waals surface area contributed by atoms with Gasteiger partial charge in [0.1, 0.15) is 6.17 Å². The van der Waals surface area contributed by atoms with Crippen molar-refractivity contribution in [2.75, 3.05) is 5.32 Å². The molecule has 1 aliphatic heterocycles. The molecule has 2 N–H and O–H groups in total. The van der Waals surface area contributed by atoms with E-state index >= 15 is 0 Å². The summed E-state index contributed by atoms with van der Waals surface area (Å²) in [5.41, 5.74) is 1.76. The van der Waals surface area contributed by atoms with Crippen LogP contribution in [0.4, 0.5) is 10.5 Å². The number of hydrogen-bond donors (Lipinski definition) is 2. The fourth-order valence-electron chi connectivity index (χ4n) is 4.37. The molecule has 1 aromatic rings. The monoisotopic (exact) mass is 339 g/mol. The number of carbonyl (C=O) groups excluding carboxylic acids is 3. The van der Waals surface area contributed by atoms with Gasteiger partial charge in [0.05, 0.1) is 11.8 Å². The van der Waals surface area contributed by atoms with Crippen molar-refractivity contribution >= 4 is 23.5 Å². The quantitative estimate of drug-likeness (QED) is 0.655. The molecule has 3 aliphatic rings. The van der Waals surface area contributed by atoms with Crippen molar-refractivity contribution in [2.24, 2.45) is 23.7 Å². The number of likely N-dealkylation sites (tertiary alicyclic amines) is 1. The van der Waals surface area contributed by atoms with Crippen LogP contribution in [0.25, 0.3) is 0 Å². The SMILES string of the molecule is Cc1ccc(NC(=O)NC(C)N2C(=O)C3C4C=CC(C4)C3C2=O)cc1. The molecule has 1 saturated carbocycles. The van der Waals surface area contributed by atoms with Gasteiger partial charge in [0.25, 0.3) is 0 Å². The summed E-state index contributed by atoms with van der Waals surface area (Å²) in [7, 11) is 0. The molecule has 4 amide bonds. The Kier molecular flexibility index (Phi) is 3.63. The Bertz CT molecular complexity index is 741. The van der Waals surface area contributed by atoms with Crippen molar-refractivity contribution in [1.82, 2.24) is 10.2 Å². The zero-order chi connectivity index (χ0) is 17.7. The second kappa shape index (κ2) is 5.72. The Morgan fingerprint density at radius 1 is 1.08 bits per heavy atom. The topological polar surface area (TPSA) is 78.5 Å². The van der Waals surface area contributed by atoms with Crippen LogP contribution < -0.4 is 10.6 Å². The highest BCUT2D eigenvalue weighted by Gasteiger charge is 2.60. The Morgan fingerprint density at radius 3 is 2.20 bits per heavy atom. The summed E-state index contributed by atoms with van der Waals surface area (Å²) in [5.74, 6) is -0.459. The lowest BCUT2D eigenvalue weighted by Crippen LogP contribution is -2.51. The highest BCUT2D eigenvalue weighted by atomic mass is 16.2. The summed E-state index contributed by atoms with van der Waals surface area (Å²) in [6.07, 6.45) is 4.34. The second-order valence-electron chi connectivity index (χ2n) is 7.19. The van der Waals surface area contributed by atoms with Gasteiger partial charge in [0.2, 0.25) is 11.8 Å². The average Bonchev–Trinajstić information content (AvgIpc) is 3.23. The van der Waals surface area contributed by atoms with Crippen molar-refractivity contribution in [2.45, 2.75) is 26.4 Å².